The highest BCUT2D eigenvalue weighted by molar-refractivity contribution is 5.91. The summed E-state index contributed by atoms with van der Waals surface area (Å²) in [6.45, 7) is 9.18. The number of aliphatic hydroxyl groups excluding tert-OH is 1. The standard InChI is InChI=1S/C35H53N3O11/c1-4-48-35-29(10-14-42-18-21-45-17-13-39)30(32-27(2)36(3)38(34(32)41)28-8-6-5-7-9-28)26-31(49-35)33(40)37-11-15-43-19-22-46-24-25-47-23-20-44-16-12-37/h5-9,26,29-30,35,39H,4,10-25H2,1-3H3/t29-,30-,35+/m0/s1. The van der Waals surface area contributed by atoms with Gasteiger partial charge in [0.2, 0.25) is 6.29 Å². The van der Waals surface area contributed by atoms with E-state index in [2.05, 4.69) is 0 Å². The van der Waals surface area contributed by atoms with E-state index in [1.807, 2.05) is 55.9 Å². The molecule has 2 aliphatic rings. The molecule has 3 heterocycles. The highest BCUT2D eigenvalue weighted by Gasteiger charge is 2.41. The lowest BCUT2D eigenvalue weighted by Gasteiger charge is -2.37. The molecule has 3 atom stereocenters. The number of amides is 1. The molecule has 1 fully saturated rings. The Balaban J connectivity index is 1.65. The summed E-state index contributed by atoms with van der Waals surface area (Å²) in [5, 5.41) is 8.96. The minimum atomic E-state index is -0.817. The number of nitrogens with zero attached hydrogens (tertiary/aromatic N) is 3. The van der Waals surface area contributed by atoms with Gasteiger partial charge in [-0.25, -0.2) is 4.68 Å². The van der Waals surface area contributed by atoms with Crippen molar-refractivity contribution >= 4 is 5.91 Å². The quantitative estimate of drug-likeness (QED) is 0.308. The summed E-state index contributed by atoms with van der Waals surface area (Å²) in [6.07, 6.45) is 1.44. The van der Waals surface area contributed by atoms with Crippen LogP contribution in [0, 0.1) is 12.8 Å². The average molecular weight is 692 g/mol. The molecular weight excluding hydrogens is 638 g/mol. The van der Waals surface area contributed by atoms with Gasteiger partial charge < -0.3 is 47.9 Å². The van der Waals surface area contributed by atoms with Crippen LogP contribution in [-0.2, 0) is 49.7 Å². The molecule has 1 aromatic heterocycles. The van der Waals surface area contributed by atoms with E-state index in [1.165, 1.54) is 0 Å². The van der Waals surface area contributed by atoms with Crippen LogP contribution in [0.5, 0.6) is 0 Å². The number of hydrogen-bond donors (Lipinski definition) is 1. The Hall–Kier alpha value is -3.08. The minimum Gasteiger partial charge on any atom is -0.459 e. The van der Waals surface area contributed by atoms with Crippen LogP contribution in [-0.4, -0.2) is 137 Å². The van der Waals surface area contributed by atoms with E-state index in [0.717, 1.165) is 11.4 Å². The fourth-order valence-corrected chi connectivity index (χ4v) is 5.93. The van der Waals surface area contributed by atoms with E-state index in [0.29, 0.717) is 104 Å². The molecule has 0 spiro atoms. The maximum atomic E-state index is 14.3. The molecule has 14 nitrogen and oxygen atoms in total. The lowest BCUT2D eigenvalue weighted by molar-refractivity contribution is -0.172. The van der Waals surface area contributed by atoms with Crippen LogP contribution in [0.3, 0.4) is 0 Å². The molecule has 1 N–H and O–H groups in total. The second-order valence-electron chi connectivity index (χ2n) is 11.6. The van der Waals surface area contributed by atoms with E-state index in [-0.39, 0.29) is 36.4 Å². The molecule has 49 heavy (non-hydrogen) atoms. The van der Waals surface area contributed by atoms with Gasteiger partial charge in [-0.1, -0.05) is 18.2 Å². The molecule has 1 aromatic carbocycles. The zero-order valence-electron chi connectivity index (χ0n) is 29.1. The zero-order chi connectivity index (χ0) is 34.8. The third-order valence-corrected chi connectivity index (χ3v) is 8.48. The van der Waals surface area contributed by atoms with Crippen molar-refractivity contribution in [3.8, 4) is 5.69 Å². The van der Waals surface area contributed by atoms with Crippen LogP contribution in [0.2, 0.25) is 0 Å². The summed E-state index contributed by atoms with van der Waals surface area (Å²) < 4.78 is 49.7. The van der Waals surface area contributed by atoms with Crippen molar-refractivity contribution in [2.75, 3.05) is 106 Å². The fraction of sp³-hybridized carbons (Fsp3) is 0.657. The Labute approximate surface area is 288 Å². The highest BCUT2D eigenvalue weighted by Crippen LogP contribution is 2.39. The van der Waals surface area contributed by atoms with Crippen molar-refractivity contribution in [3.63, 3.8) is 0 Å². The van der Waals surface area contributed by atoms with Crippen molar-refractivity contribution in [2.24, 2.45) is 13.0 Å². The normalized spacial score (nSPS) is 21.8. The summed E-state index contributed by atoms with van der Waals surface area (Å²) in [6, 6.07) is 9.46. The van der Waals surface area contributed by atoms with Gasteiger partial charge in [-0.3, -0.25) is 14.3 Å². The van der Waals surface area contributed by atoms with Crippen molar-refractivity contribution in [1.82, 2.24) is 14.3 Å². The molecule has 1 saturated heterocycles. The zero-order valence-corrected chi connectivity index (χ0v) is 29.1. The number of aliphatic hydroxyl groups is 1. The first kappa shape index (κ1) is 38.7. The molecule has 0 unspecified atom stereocenters. The second-order valence-corrected chi connectivity index (χ2v) is 11.6. The number of rotatable bonds is 13. The predicted molar refractivity (Wildman–Crippen MR) is 180 cm³/mol. The van der Waals surface area contributed by atoms with E-state index in [1.54, 1.807) is 15.7 Å². The summed E-state index contributed by atoms with van der Waals surface area (Å²) in [7, 11) is 1.85. The Kier molecular flexibility index (Phi) is 16.8. The predicted octanol–water partition coefficient (Wildman–Crippen LogP) is 1.79. The summed E-state index contributed by atoms with van der Waals surface area (Å²) in [4.78, 5) is 30.1. The fourth-order valence-electron chi connectivity index (χ4n) is 5.93. The number of hydrogen-bond acceptors (Lipinski definition) is 11. The van der Waals surface area contributed by atoms with Crippen LogP contribution >= 0.6 is 0 Å². The third-order valence-electron chi connectivity index (χ3n) is 8.48. The molecule has 1 amide bonds. The van der Waals surface area contributed by atoms with Gasteiger partial charge in [0, 0.05) is 56.4 Å². The molecule has 4 rings (SSSR count). The molecule has 0 bridgehead atoms. The van der Waals surface area contributed by atoms with Crippen molar-refractivity contribution in [2.45, 2.75) is 32.5 Å². The smallest absolute Gasteiger partial charge is 0.288 e. The average Bonchev–Trinajstić information content (AvgIpc) is 3.32. The molecule has 0 saturated carbocycles. The monoisotopic (exact) mass is 691 g/mol. The number of aromatic nitrogens is 2. The first-order valence-corrected chi connectivity index (χ1v) is 17.2. The van der Waals surface area contributed by atoms with Gasteiger partial charge in [-0.2, -0.15) is 0 Å². The molecule has 2 aliphatic heterocycles. The van der Waals surface area contributed by atoms with Gasteiger partial charge in [0.25, 0.3) is 11.5 Å². The van der Waals surface area contributed by atoms with Gasteiger partial charge in [0.05, 0.1) is 85.0 Å². The number of carbonyl (C=O) groups is 1. The van der Waals surface area contributed by atoms with Crippen molar-refractivity contribution in [3.05, 3.63) is 63.8 Å². The van der Waals surface area contributed by atoms with Crippen LogP contribution in [0.15, 0.2) is 47.0 Å². The Morgan fingerprint density at radius 2 is 1.47 bits per heavy atom. The van der Waals surface area contributed by atoms with Gasteiger partial charge in [0.1, 0.15) is 0 Å². The van der Waals surface area contributed by atoms with E-state index < -0.39 is 12.2 Å². The van der Waals surface area contributed by atoms with Gasteiger partial charge in [0.15, 0.2) is 5.76 Å². The molecule has 14 heteroatoms. The van der Waals surface area contributed by atoms with Crippen LogP contribution in [0.25, 0.3) is 5.69 Å². The Bertz CT molecular complexity index is 1330. The first-order chi connectivity index (χ1) is 24.0. The van der Waals surface area contributed by atoms with Crippen molar-refractivity contribution < 1.29 is 47.8 Å². The summed E-state index contributed by atoms with van der Waals surface area (Å²) >= 11 is 0. The maximum absolute atomic E-state index is 14.3. The number of ether oxygens (including phenoxy) is 8. The topological polar surface area (TPSA) is 141 Å². The maximum Gasteiger partial charge on any atom is 0.288 e. The largest absolute Gasteiger partial charge is 0.459 e. The molecule has 0 aliphatic carbocycles. The van der Waals surface area contributed by atoms with Gasteiger partial charge in [-0.15, -0.1) is 0 Å². The summed E-state index contributed by atoms with van der Waals surface area (Å²) in [5.74, 6) is -1.10. The van der Waals surface area contributed by atoms with Crippen LogP contribution in [0.4, 0.5) is 0 Å². The van der Waals surface area contributed by atoms with Gasteiger partial charge in [-0.05, 0) is 38.5 Å². The molecule has 2 aromatic rings. The van der Waals surface area contributed by atoms with Gasteiger partial charge >= 0.3 is 0 Å². The summed E-state index contributed by atoms with van der Waals surface area (Å²) in [5.41, 5.74) is 1.88. The lowest BCUT2D eigenvalue weighted by atomic mass is 9.81. The molecule has 0 radical (unpaired) electrons. The Morgan fingerprint density at radius 1 is 0.878 bits per heavy atom. The minimum absolute atomic E-state index is 0.0527. The van der Waals surface area contributed by atoms with E-state index in [9.17, 15) is 9.59 Å². The lowest BCUT2D eigenvalue weighted by Crippen LogP contribution is -2.43. The van der Waals surface area contributed by atoms with E-state index in [4.69, 9.17) is 43.0 Å². The Morgan fingerprint density at radius 3 is 2.06 bits per heavy atom. The van der Waals surface area contributed by atoms with Crippen molar-refractivity contribution in [1.29, 1.82) is 0 Å². The number of benzene rings is 1. The van der Waals surface area contributed by atoms with Crippen LogP contribution < -0.4 is 5.56 Å². The van der Waals surface area contributed by atoms with E-state index >= 15 is 0 Å². The number of para-hydroxylation sites is 1. The number of carbonyl (C=O) groups excluding carboxylic acids is 1. The molecule has 274 valence electrons. The SMILES string of the molecule is CCO[C@@H]1OC(C(=O)N2CCOCCOCCOCCOCC2)=C[C@H](c2c(C)n(C)n(-c3ccccc3)c2=O)[C@@H]1CCOCCOCCO. The molecular formula is C35H53N3O11. The van der Waals surface area contributed by atoms with Crippen LogP contribution in [0.1, 0.15) is 30.5 Å². The highest BCUT2D eigenvalue weighted by atomic mass is 16.7. The second kappa shape index (κ2) is 21.2. The first-order valence-electron chi connectivity index (χ1n) is 17.2. The number of allylic oxidation sites excluding steroid dienone is 1. The third kappa shape index (κ3) is 11.2.